The highest BCUT2D eigenvalue weighted by Gasteiger charge is 2.11. The molecule has 4 heteroatoms. The Hall–Kier alpha value is -1.84. The van der Waals surface area contributed by atoms with Crippen LogP contribution in [0.4, 0.5) is 0 Å². The van der Waals surface area contributed by atoms with Crippen LogP contribution in [-0.2, 0) is 6.42 Å². The van der Waals surface area contributed by atoms with Gasteiger partial charge >= 0.3 is 0 Å². The molecule has 20 heavy (non-hydrogen) atoms. The summed E-state index contributed by atoms with van der Waals surface area (Å²) in [5, 5.41) is 6.34. The summed E-state index contributed by atoms with van der Waals surface area (Å²) in [7, 11) is 0. The van der Waals surface area contributed by atoms with E-state index in [1.807, 2.05) is 48.1 Å². The van der Waals surface area contributed by atoms with Gasteiger partial charge in [-0.15, -0.1) is 0 Å². The maximum Gasteiger partial charge on any atom is 0.0741 e. The van der Waals surface area contributed by atoms with Gasteiger partial charge in [0.15, 0.2) is 0 Å². The third-order valence-electron chi connectivity index (χ3n) is 3.29. The maximum atomic E-state index is 6.11. The van der Waals surface area contributed by atoms with Gasteiger partial charge in [0, 0.05) is 16.5 Å². The van der Waals surface area contributed by atoms with E-state index in [0.29, 0.717) is 0 Å². The Morgan fingerprint density at radius 3 is 2.85 bits per heavy atom. The van der Waals surface area contributed by atoms with Crippen molar-refractivity contribution in [2.75, 3.05) is 0 Å². The summed E-state index contributed by atoms with van der Waals surface area (Å²) in [6, 6.07) is 14.1. The van der Waals surface area contributed by atoms with Gasteiger partial charge in [-0.2, -0.15) is 5.10 Å². The SMILES string of the molecule is CC(N)Cc1cc(Cl)ccc1-n1ncc2ccccc21. The molecule has 0 aliphatic carbocycles. The van der Waals surface area contributed by atoms with Crippen molar-refractivity contribution in [3.63, 3.8) is 0 Å². The minimum Gasteiger partial charge on any atom is -0.328 e. The second-order valence-electron chi connectivity index (χ2n) is 5.07. The average molecular weight is 286 g/mol. The summed E-state index contributed by atoms with van der Waals surface area (Å²) in [4.78, 5) is 0. The Kier molecular flexibility index (Phi) is 3.47. The van der Waals surface area contributed by atoms with Crippen LogP contribution in [0, 0.1) is 0 Å². The highest BCUT2D eigenvalue weighted by molar-refractivity contribution is 6.30. The van der Waals surface area contributed by atoms with Crippen molar-refractivity contribution < 1.29 is 0 Å². The summed E-state index contributed by atoms with van der Waals surface area (Å²) in [6.07, 6.45) is 2.64. The lowest BCUT2D eigenvalue weighted by molar-refractivity contribution is 0.729. The Morgan fingerprint density at radius 2 is 2.05 bits per heavy atom. The third kappa shape index (κ3) is 2.42. The number of aromatic nitrogens is 2. The van der Waals surface area contributed by atoms with Crippen LogP contribution in [-0.4, -0.2) is 15.8 Å². The molecule has 1 atom stereocenters. The number of rotatable bonds is 3. The van der Waals surface area contributed by atoms with E-state index < -0.39 is 0 Å². The molecule has 102 valence electrons. The number of halogens is 1. The quantitative estimate of drug-likeness (QED) is 0.799. The molecule has 0 saturated heterocycles. The van der Waals surface area contributed by atoms with Gasteiger partial charge < -0.3 is 5.73 Å². The van der Waals surface area contributed by atoms with E-state index in [9.17, 15) is 0 Å². The Bertz CT molecular complexity index is 746. The molecule has 1 unspecified atom stereocenters. The number of fused-ring (bicyclic) bond motifs is 1. The van der Waals surface area contributed by atoms with Crippen LogP contribution < -0.4 is 5.73 Å². The fourth-order valence-electron chi connectivity index (χ4n) is 2.43. The Balaban J connectivity index is 2.18. The van der Waals surface area contributed by atoms with Gasteiger partial charge in [-0.1, -0.05) is 29.8 Å². The number of hydrogen-bond acceptors (Lipinski definition) is 2. The van der Waals surface area contributed by atoms with Crippen molar-refractivity contribution in [1.29, 1.82) is 0 Å². The highest BCUT2D eigenvalue weighted by atomic mass is 35.5. The predicted octanol–water partition coefficient (Wildman–Crippen LogP) is 3.57. The first-order chi connectivity index (χ1) is 9.65. The summed E-state index contributed by atoms with van der Waals surface area (Å²) < 4.78 is 1.95. The van der Waals surface area contributed by atoms with Gasteiger partial charge in [0.1, 0.15) is 0 Å². The van der Waals surface area contributed by atoms with Crippen molar-refractivity contribution in [2.24, 2.45) is 5.73 Å². The first-order valence-corrected chi connectivity index (χ1v) is 7.00. The summed E-state index contributed by atoms with van der Waals surface area (Å²) in [5.41, 5.74) is 9.17. The van der Waals surface area contributed by atoms with E-state index in [1.165, 1.54) is 0 Å². The second-order valence-corrected chi connectivity index (χ2v) is 5.51. The maximum absolute atomic E-state index is 6.11. The molecule has 3 nitrogen and oxygen atoms in total. The highest BCUT2D eigenvalue weighted by Crippen LogP contribution is 2.24. The van der Waals surface area contributed by atoms with Crippen LogP contribution >= 0.6 is 11.6 Å². The lowest BCUT2D eigenvalue weighted by Gasteiger charge is -2.13. The first kappa shape index (κ1) is 13.2. The van der Waals surface area contributed by atoms with Gasteiger partial charge in [0.2, 0.25) is 0 Å². The fraction of sp³-hybridized carbons (Fsp3) is 0.188. The molecule has 0 aliphatic rings. The van der Waals surface area contributed by atoms with Crippen LogP contribution in [0.15, 0.2) is 48.7 Å². The molecular weight excluding hydrogens is 270 g/mol. The summed E-state index contributed by atoms with van der Waals surface area (Å²) >= 11 is 6.11. The molecule has 0 bridgehead atoms. The predicted molar refractivity (Wildman–Crippen MR) is 83.4 cm³/mol. The normalized spacial score (nSPS) is 12.8. The molecule has 2 N–H and O–H groups in total. The van der Waals surface area contributed by atoms with Crippen LogP contribution in [0.5, 0.6) is 0 Å². The van der Waals surface area contributed by atoms with Crippen LogP contribution in [0.25, 0.3) is 16.6 Å². The number of para-hydroxylation sites is 1. The van der Waals surface area contributed by atoms with Crippen LogP contribution in [0.1, 0.15) is 12.5 Å². The van der Waals surface area contributed by atoms with Gasteiger partial charge in [0.05, 0.1) is 17.4 Å². The van der Waals surface area contributed by atoms with E-state index in [0.717, 1.165) is 33.6 Å². The number of nitrogens with zero attached hydrogens (tertiary/aromatic N) is 2. The molecule has 3 aromatic rings. The van der Waals surface area contributed by atoms with Gasteiger partial charge in [-0.25, -0.2) is 4.68 Å². The summed E-state index contributed by atoms with van der Waals surface area (Å²) in [5.74, 6) is 0. The minimum absolute atomic E-state index is 0.0778. The molecule has 1 heterocycles. The number of nitrogens with two attached hydrogens (primary N) is 1. The molecule has 3 rings (SSSR count). The lowest BCUT2D eigenvalue weighted by atomic mass is 10.1. The van der Waals surface area contributed by atoms with Gasteiger partial charge in [0.25, 0.3) is 0 Å². The standard InChI is InChI=1S/C16H16ClN3/c1-11(18)8-13-9-14(17)6-7-16(13)20-15-5-3-2-4-12(15)10-19-20/h2-7,9-11H,8,18H2,1H3. The Morgan fingerprint density at radius 1 is 1.25 bits per heavy atom. The average Bonchev–Trinajstić information content (AvgIpc) is 2.82. The molecule has 0 amide bonds. The van der Waals surface area contributed by atoms with Crippen molar-refractivity contribution in [1.82, 2.24) is 9.78 Å². The first-order valence-electron chi connectivity index (χ1n) is 6.62. The number of hydrogen-bond donors (Lipinski definition) is 1. The molecule has 0 radical (unpaired) electrons. The van der Waals surface area contributed by atoms with E-state index in [4.69, 9.17) is 17.3 Å². The zero-order valence-corrected chi connectivity index (χ0v) is 12.0. The van der Waals surface area contributed by atoms with Crippen molar-refractivity contribution >= 4 is 22.5 Å². The molecule has 0 spiro atoms. The molecule has 0 aliphatic heterocycles. The largest absolute Gasteiger partial charge is 0.328 e. The van der Waals surface area contributed by atoms with E-state index >= 15 is 0 Å². The fourth-order valence-corrected chi connectivity index (χ4v) is 2.63. The second kappa shape index (κ2) is 5.27. The van der Waals surface area contributed by atoms with Crippen LogP contribution in [0.2, 0.25) is 5.02 Å². The smallest absolute Gasteiger partial charge is 0.0741 e. The third-order valence-corrected chi connectivity index (χ3v) is 3.52. The van der Waals surface area contributed by atoms with Crippen LogP contribution in [0.3, 0.4) is 0 Å². The molecule has 0 saturated carbocycles. The van der Waals surface area contributed by atoms with Crippen molar-refractivity contribution in [2.45, 2.75) is 19.4 Å². The number of benzene rings is 2. The summed E-state index contributed by atoms with van der Waals surface area (Å²) in [6.45, 7) is 1.99. The molecule has 2 aromatic carbocycles. The molecule has 0 fully saturated rings. The molecule has 1 aromatic heterocycles. The van der Waals surface area contributed by atoms with Crippen molar-refractivity contribution in [3.8, 4) is 5.69 Å². The monoisotopic (exact) mass is 285 g/mol. The molecular formula is C16H16ClN3. The topological polar surface area (TPSA) is 43.8 Å². The van der Waals surface area contributed by atoms with E-state index in [-0.39, 0.29) is 6.04 Å². The zero-order chi connectivity index (χ0) is 14.1. The van der Waals surface area contributed by atoms with E-state index in [1.54, 1.807) is 0 Å². The van der Waals surface area contributed by atoms with Gasteiger partial charge in [-0.05, 0) is 43.2 Å². The Labute approximate surface area is 123 Å². The lowest BCUT2D eigenvalue weighted by Crippen LogP contribution is -2.19. The van der Waals surface area contributed by atoms with E-state index in [2.05, 4.69) is 17.2 Å². The zero-order valence-electron chi connectivity index (χ0n) is 11.3. The minimum atomic E-state index is 0.0778. The van der Waals surface area contributed by atoms with Crippen molar-refractivity contribution in [3.05, 3.63) is 59.2 Å². The van der Waals surface area contributed by atoms with Gasteiger partial charge in [-0.3, -0.25) is 0 Å².